The predicted molar refractivity (Wildman–Crippen MR) is 97.9 cm³/mol. The van der Waals surface area contributed by atoms with Crippen LogP contribution < -0.4 is 0 Å². The largest absolute Gasteiger partial charge is 0.307 e. The van der Waals surface area contributed by atoms with E-state index < -0.39 is 16.4 Å². The van der Waals surface area contributed by atoms with E-state index in [1.807, 2.05) is 20.8 Å². The van der Waals surface area contributed by atoms with Gasteiger partial charge < -0.3 is 4.57 Å². The normalized spacial score (nSPS) is 12.2. The third-order valence-corrected chi connectivity index (χ3v) is 4.83. The molecule has 0 atom stereocenters. The van der Waals surface area contributed by atoms with Crippen molar-refractivity contribution in [3.8, 4) is 18.2 Å². The summed E-state index contributed by atoms with van der Waals surface area (Å²) in [6, 6.07) is 7.99. The fraction of sp³-hybridized carbons (Fsp3) is 0.579. The summed E-state index contributed by atoms with van der Waals surface area (Å²) in [5.74, 6) is -0.172. The Morgan fingerprint density at radius 1 is 1.12 bits per heavy atom. The summed E-state index contributed by atoms with van der Waals surface area (Å²) in [5, 5.41) is 29.8. The summed E-state index contributed by atoms with van der Waals surface area (Å²) in [7, 11) is 0. The minimum absolute atomic E-state index is 0.172. The monoisotopic (exact) mass is 356 g/mol. The van der Waals surface area contributed by atoms with Crippen molar-refractivity contribution < 1.29 is 4.79 Å². The van der Waals surface area contributed by atoms with Gasteiger partial charge >= 0.3 is 0 Å². The second-order valence-corrected chi connectivity index (χ2v) is 8.88. The van der Waals surface area contributed by atoms with Crippen molar-refractivity contribution >= 4 is 17.5 Å². The van der Waals surface area contributed by atoms with Crippen LogP contribution in [0.3, 0.4) is 0 Å². The fourth-order valence-electron chi connectivity index (χ4n) is 2.49. The maximum Gasteiger partial charge on any atom is 0.226 e. The molecule has 0 unspecified atom stereocenters. The molecule has 1 heterocycles. The highest BCUT2D eigenvalue weighted by Gasteiger charge is 2.43. The van der Waals surface area contributed by atoms with Crippen molar-refractivity contribution in [3.63, 3.8) is 0 Å². The van der Waals surface area contributed by atoms with Crippen molar-refractivity contribution in [1.82, 2.24) is 4.57 Å². The van der Waals surface area contributed by atoms with Gasteiger partial charge in [0.2, 0.25) is 5.54 Å². The Bertz CT molecular complexity index is 787. The molecule has 0 saturated heterocycles. The van der Waals surface area contributed by atoms with E-state index in [4.69, 9.17) is 0 Å². The zero-order valence-electron chi connectivity index (χ0n) is 15.9. The van der Waals surface area contributed by atoms with Crippen LogP contribution in [0.5, 0.6) is 0 Å². The molecule has 0 saturated carbocycles. The van der Waals surface area contributed by atoms with Gasteiger partial charge in [0.15, 0.2) is 0 Å². The smallest absolute Gasteiger partial charge is 0.226 e. The van der Waals surface area contributed by atoms with Crippen LogP contribution in [0.1, 0.15) is 59.2 Å². The highest BCUT2D eigenvalue weighted by Crippen LogP contribution is 2.39. The van der Waals surface area contributed by atoms with Gasteiger partial charge in [0.05, 0.1) is 17.0 Å². The zero-order chi connectivity index (χ0) is 19.6. The van der Waals surface area contributed by atoms with Gasteiger partial charge in [0.1, 0.15) is 24.0 Å². The second kappa shape index (κ2) is 6.95. The summed E-state index contributed by atoms with van der Waals surface area (Å²) in [4.78, 5) is 12.6. The molecule has 0 spiro atoms. The molecule has 0 aliphatic carbocycles. The highest BCUT2D eigenvalue weighted by molar-refractivity contribution is 7.98. The van der Waals surface area contributed by atoms with Crippen LogP contribution >= 0.6 is 11.8 Å². The van der Waals surface area contributed by atoms with Crippen LogP contribution in [0, 0.1) is 39.4 Å². The summed E-state index contributed by atoms with van der Waals surface area (Å²) >= 11 is 1.30. The molecule has 6 heteroatoms. The van der Waals surface area contributed by atoms with Gasteiger partial charge in [-0.05, 0) is 12.3 Å². The van der Waals surface area contributed by atoms with Crippen molar-refractivity contribution in [3.05, 3.63) is 17.3 Å². The molecule has 1 aromatic heterocycles. The Hall–Kier alpha value is -2.23. The molecule has 0 N–H and O–H groups in total. The first-order chi connectivity index (χ1) is 11.4. The van der Waals surface area contributed by atoms with Crippen LogP contribution in [0.15, 0.2) is 11.1 Å². The van der Waals surface area contributed by atoms with E-state index in [2.05, 4.69) is 18.2 Å². The molecular formula is C19H24N4OS. The molecule has 1 aromatic rings. The number of ketones is 1. The van der Waals surface area contributed by atoms with Gasteiger partial charge in [-0.25, -0.2) is 0 Å². The zero-order valence-corrected chi connectivity index (χ0v) is 16.7. The Kier molecular flexibility index (Phi) is 5.78. The van der Waals surface area contributed by atoms with E-state index >= 15 is 0 Å². The lowest BCUT2D eigenvalue weighted by Gasteiger charge is -2.31. The predicted octanol–water partition coefficient (Wildman–Crippen LogP) is 4.13. The van der Waals surface area contributed by atoms with E-state index in [1.54, 1.807) is 37.7 Å². The number of Topliss-reactive ketones (excluding diaryl/α,β-unsaturated/α-hetero) is 1. The minimum Gasteiger partial charge on any atom is -0.307 e. The molecule has 0 aliphatic heterocycles. The van der Waals surface area contributed by atoms with Crippen molar-refractivity contribution in [2.75, 3.05) is 6.26 Å². The van der Waals surface area contributed by atoms with E-state index in [0.717, 1.165) is 0 Å². The van der Waals surface area contributed by atoms with Gasteiger partial charge in [0, 0.05) is 16.5 Å². The molecule has 5 nitrogen and oxygen atoms in total. The van der Waals surface area contributed by atoms with Gasteiger partial charge in [-0.3, -0.25) is 4.79 Å². The number of nitriles is 3. The van der Waals surface area contributed by atoms with Crippen molar-refractivity contribution in [1.29, 1.82) is 15.8 Å². The van der Waals surface area contributed by atoms with Gasteiger partial charge in [-0.15, -0.1) is 11.8 Å². The van der Waals surface area contributed by atoms with Gasteiger partial charge in [-0.2, -0.15) is 15.8 Å². The lowest BCUT2D eigenvalue weighted by molar-refractivity contribution is -0.127. The number of aromatic nitrogens is 1. The van der Waals surface area contributed by atoms with Crippen LogP contribution in [0.2, 0.25) is 0 Å². The SMILES string of the molecule is CSc1c(C#N)cc(C(C)(C)C)n1C(C#N)(C#N)CC(=O)C(C)(C)C. The lowest BCUT2D eigenvalue weighted by atomic mass is 9.82. The fourth-order valence-corrected chi connectivity index (χ4v) is 3.25. The first-order valence-electron chi connectivity index (χ1n) is 7.94. The van der Waals surface area contributed by atoms with Crippen LogP contribution in [-0.4, -0.2) is 16.6 Å². The third-order valence-electron chi connectivity index (χ3n) is 4.04. The number of thioether (sulfide) groups is 1. The molecule has 0 aromatic carbocycles. The molecule has 1 rings (SSSR count). The molecule has 0 amide bonds. The number of hydrogen-bond donors (Lipinski definition) is 0. The summed E-state index contributed by atoms with van der Waals surface area (Å²) in [5.41, 5.74) is -1.64. The van der Waals surface area contributed by atoms with Gasteiger partial charge in [-0.1, -0.05) is 41.5 Å². The minimum atomic E-state index is -1.68. The van der Waals surface area contributed by atoms with Crippen LogP contribution in [-0.2, 0) is 15.7 Å². The molecule has 132 valence electrons. The Balaban J connectivity index is 3.82. The van der Waals surface area contributed by atoms with E-state index in [0.29, 0.717) is 16.3 Å². The van der Waals surface area contributed by atoms with E-state index in [-0.39, 0.29) is 12.2 Å². The number of carbonyl (C=O) groups is 1. The van der Waals surface area contributed by atoms with E-state index in [9.17, 15) is 20.6 Å². The van der Waals surface area contributed by atoms with Gasteiger partial charge in [0.25, 0.3) is 0 Å². The molecular weight excluding hydrogens is 332 g/mol. The first kappa shape index (κ1) is 20.8. The summed E-state index contributed by atoms with van der Waals surface area (Å²) < 4.78 is 1.60. The Labute approximate surface area is 154 Å². The molecule has 0 bridgehead atoms. The Morgan fingerprint density at radius 3 is 1.96 bits per heavy atom. The van der Waals surface area contributed by atoms with Crippen LogP contribution in [0.25, 0.3) is 0 Å². The maximum absolute atomic E-state index is 12.6. The Morgan fingerprint density at radius 2 is 1.64 bits per heavy atom. The molecule has 25 heavy (non-hydrogen) atoms. The quantitative estimate of drug-likeness (QED) is 0.756. The van der Waals surface area contributed by atoms with Crippen molar-refractivity contribution in [2.45, 2.75) is 63.9 Å². The lowest BCUT2D eigenvalue weighted by Crippen LogP contribution is -2.39. The summed E-state index contributed by atoms with van der Waals surface area (Å²) in [6.07, 6.45) is 1.57. The summed E-state index contributed by atoms with van der Waals surface area (Å²) in [6.45, 7) is 11.2. The molecule has 0 radical (unpaired) electrons. The highest BCUT2D eigenvalue weighted by atomic mass is 32.2. The second-order valence-electron chi connectivity index (χ2n) is 8.08. The van der Waals surface area contributed by atoms with Crippen molar-refractivity contribution in [2.24, 2.45) is 5.41 Å². The number of hydrogen-bond acceptors (Lipinski definition) is 5. The number of carbonyl (C=O) groups excluding carboxylic acids is 1. The third kappa shape index (κ3) is 3.89. The molecule has 0 fully saturated rings. The topological polar surface area (TPSA) is 93.4 Å². The maximum atomic E-state index is 12.6. The first-order valence-corrected chi connectivity index (χ1v) is 9.17. The molecule has 0 aliphatic rings. The average Bonchev–Trinajstić information content (AvgIpc) is 2.90. The standard InChI is InChI=1S/C19H24N4OS/c1-17(2,3)14-8-13(10-20)16(25-7)23(14)19(11-21,12-22)9-15(24)18(4,5)6/h8H,9H2,1-7H3. The van der Waals surface area contributed by atoms with Crippen LogP contribution in [0.4, 0.5) is 0 Å². The average molecular weight is 356 g/mol. The number of nitrogens with zero attached hydrogens (tertiary/aromatic N) is 4. The number of rotatable bonds is 4. The van der Waals surface area contributed by atoms with E-state index in [1.165, 1.54) is 11.8 Å².